The van der Waals surface area contributed by atoms with Gasteiger partial charge in [0.15, 0.2) is 8.32 Å². The third-order valence-electron chi connectivity index (χ3n) is 3.78. The van der Waals surface area contributed by atoms with Crippen molar-refractivity contribution in [3.63, 3.8) is 0 Å². The van der Waals surface area contributed by atoms with Gasteiger partial charge >= 0.3 is 0 Å². The Labute approximate surface area is 115 Å². The lowest BCUT2D eigenvalue weighted by molar-refractivity contribution is 0.156. The number of rotatable bonds is 7. The first kappa shape index (κ1) is 17.7. The van der Waals surface area contributed by atoms with E-state index in [0.29, 0.717) is 5.92 Å². The van der Waals surface area contributed by atoms with Gasteiger partial charge in [0.05, 0.1) is 0 Å². The molecule has 0 aromatic heterocycles. The predicted molar refractivity (Wildman–Crippen MR) is 85.5 cm³/mol. The number of hydrogen-bond acceptors (Lipinski definition) is 1. The molecule has 0 rings (SSSR count). The van der Waals surface area contributed by atoms with Crippen LogP contribution in [0.25, 0.3) is 0 Å². The molecule has 0 aliphatic rings. The van der Waals surface area contributed by atoms with E-state index in [1.807, 2.05) is 6.08 Å². The molecule has 0 aliphatic carbocycles. The average Bonchev–Trinajstić information content (AvgIpc) is 2.13. The van der Waals surface area contributed by atoms with Crippen LogP contribution in [0.15, 0.2) is 24.8 Å². The summed E-state index contributed by atoms with van der Waals surface area (Å²) in [6, 6.07) is 0. The van der Waals surface area contributed by atoms with Crippen LogP contribution in [-0.2, 0) is 4.43 Å². The molecule has 0 saturated heterocycles. The molecule has 0 spiro atoms. The molecule has 1 atom stereocenters. The van der Waals surface area contributed by atoms with Gasteiger partial charge in [-0.3, -0.25) is 0 Å². The zero-order chi connectivity index (χ0) is 14.6. The predicted octanol–water partition coefficient (Wildman–Crippen LogP) is 5.56. The largest absolute Gasteiger partial charge is 0.414 e. The second kappa shape index (κ2) is 6.72. The van der Waals surface area contributed by atoms with E-state index in [1.165, 1.54) is 0 Å². The van der Waals surface area contributed by atoms with Gasteiger partial charge in [-0.25, -0.2) is 0 Å². The van der Waals surface area contributed by atoms with Crippen molar-refractivity contribution in [2.24, 2.45) is 5.92 Å². The van der Waals surface area contributed by atoms with Crippen LogP contribution in [0.3, 0.4) is 0 Å². The molecule has 2 heteroatoms. The molecule has 0 aromatic rings. The minimum absolute atomic E-state index is 0.262. The van der Waals surface area contributed by atoms with Gasteiger partial charge in [0.1, 0.15) is 0 Å². The molecule has 0 fully saturated rings. The fourth-order valence-corrected chi connectivity index (χ4v) is 3.03. The van der Waals surface area contributed by atoms with Crippen LogP contribution in [-0.4, -0.2) is 14.4 Å². The van der Waals surface area contributed by atoms with Crippen LogP contribution in [0.4, 0.5) is 0 Å². The van der Waals surface area contributed by atoms with Gasteiger partial charge in [0, 0.05) is 6.10 Å². The van der Waals surface area contributed by atoms with Crippen molar-refractivity contribution in [2.75, 3.05) is 0 Å². The van der Waals surface area contributed by atoms with E-state index >= 15 is 0 Å². The molecule has 0 aliphatic heterocycles. The molecular formula is C16H32OSi. The van der Waals surface area contributed by atoms with Crippen molar-refractivity contribution in [1.82, 2.24) is 0 Å². The van der Waals surface area contributed by atoms with Crippen molar-refractivity contribution in [3.05, 3.63) is 24.8 Å². The Morgan fingerprint density at radius 2 is 1.78 bits per heavy atom. The Bertz CT molecular complexity index is 284. The third kappa shape index (κ3) is 6.01. The first-order chi connectivity index (χ1) is 7.99. The summed E-state index contributed by atoms with van der Waals surface area (Å²) in [6.07, 6.45) is 4.15. The summed E-state index contributed by atoms with van der Waals surface area (Å²) in [4.78, 5) is 0. The molecule has 106 valence electrons. The molecule has 0 aromatic carbocycles. The van der Waals surface area contributed by atoms with E-state index in [-0.39, 0.29) is 11.1 Å². The third-order valence-corrected chi connectivity index (χ3v) is 8.32. The van der Waals surface area contributed by atoms with Crippen molar-refractivity contribution in [2.45, 2.75) is 71.7 Å². The summed E-state index contributed by atoms with van der Waals surface area (Å²) < 4.78 is 6.52. The maximum atomic E-state index is 6.52. The Morgan fingerprint density at radius 1 is 1.28 bits per heavy atom. The molecule has 0 amide bonds. The van der Waals surface area contributed by atoms with Crippen LogP contribution in [0.2, 0.25) is 18.1 Å². The minimum Gasteiger partial charge on any atom is -0.414 e. The van der Waals surface area contributed by atoms with E-state index in [4.69, 9.17) is 4.43 Å². The van der Waals surface area contributed by atoms with Gasteiger partial charge in [-0.05, 0) is 36.9 Å². The average molecular weight is 269 g/mol. The fraction of sp³-hybridized carbons (Fsp3) is 0.750. The Morgan fingerprint density at radius 3 is 2.11 bits per heavy atom. The quantitative estimate of drug-likeness (QED) is 0.434. The second-order valence-corrected chi connectivity index (χ2v) is 12.0. The SMILES string of the molecule is C=CC(=C)C[C@H](CC(C)C)O[Si](C)(C)C(C)(C)C. The van der Waals surface area contributed by atoms with Gasteiger partial charge in [-0.15, -0.1) is 0 Å². The van der Waals surface area contributed by atoms with E-state index in [2.05, 4.69) is 60.9 Å². The van der Waals surface area contributed by atoms with E-state index < -0.39 is 8.32 Å². The second-order valence-electron chi connectivity index (χ2n) is 7.20. The molecule has 0 saturated carbocycles. The first-order valence-electron chi connectivity index (χ1n) is 6.97. The molecule has 0 heterocycles. The minimum atomic E-state index is -1.69. The van der Waals surface area contributed by atoms with Crippen LogP contribution >= 0.6 is 0 Å². The highest BCUT2D eigenvalue weighted by Gasteiger charge is 2.39. The van der Waals surface area contributed by atoms with E-state index in [9.17, 15) is 0 Å². The molecule has 1 nitrogen and oxygen atoms in total. The topological polar surface area (TPSA) is 9.23 Å². The van der Waals surface area contributed by atoms with Crippen LogP contribution in [0.5, 0.6) is 0 Å². The van der Waals surface area contributed by atoms with Crippen molar-refractivity contribution in [1.29, 1.82) is 0 Å². The highest BCUT2D eigenvalue weighted by Crippen LogP contribution is 2.38. The van der Waals surface area contributed by atoms with Crippen molar-refractivity contribution in [3.8, 4) is 0 Å². The summed E-state index contributed by atoms with van der Waals surface area (Å²) in [5, 5.41) is 0.262. The van der Waals surface area contributed by atoms with Gasteiger partial charge in [-0.1, -0.05) is 59.4 Å². The normalized spacial score (nSPS) is 14.7. The van der Waals surface area contributed by atoms with Crippen molar-refractivity contribution < 1.29 is 4.43 Å². The molecular weight excluding hydrogens is 236 g/mol. The van der Waals surface area contributed by atoms with Crippen LogP contribution < -0.4 is 0 Å². The molecule has 0 bridgehead atoms. The lowest BCUT2D eigenvalue weighted by atomic mass is 10.0. The smallest absolute Gasteiger partial charge is 0.192 e. The van der Waals surface area contributed by atoms with E-state index in [1.54, 1.807) is 0 Å². The van der Waals surface area contributed by atoms with E-state index in [0.717, 1.165) is 18.4 Å². The summed E-state index contributed by atoms with van der Waals surface area (Å²) in [5.41, 5.74) is 1.08. The monoisotopic (exact) mass is 268 g/mol. The Balaban J connectivity index is 4.78. The van der Waals surface area contributed by atoms with Crippen molar-refractivity contribution >= 4 is 8.32 Å². The zero-order valence-corrected chi connectivity index (χ0v) is 14.5. The zero-order valence-electron chi connectivity index (χ0n) is 13.5. The Kier molecular flexibility index (Phi) is 6.59. The summed E-state index contributed by atoms with van der Waals surface area (Å²) in [6.45, 7) is 23.8. The first-order valence-corrected chi connectivity index (χ1v) is 9.88. The lowest BCUT2D eigenvalue weighted by Gasteiger charge is -2.40. The lowest BCUT2D eigenvalue weighted by Crippen LogP contribution is -2.44. The van der Waals surface area contributed by atoms with Gasteiger partial charge in [0.25, 0.3) is 0 Å². The highest BCUT2D eigenvalue weighted by atomic mass is 28.4. The maximum absolute atomic E-state index is 6.52. The molecule has 0 radical (unpaired) electrons. The number of allylic oxidation sites excluding steroid dienone is 1. The summed E-state index contributed by atoms with van der Waals surface area (Å²) in [5.74, 6) is 0.650. The van der Waals surface area contributed by atoms with Gasteiger partial charge in [0.2, 0.25) is 0 Å². The van der Waals surface area contributed by atoms with Gasteiger partial charge < -0.3 is 4.43 Å². The number of hydrogen-bond donors (Lipinski definition) is 0. The van der Waals surface area contributed by atoms with Gasteiger partial charge in [-0.2, -0.15) is 0 Å². The van der Waals surface area contributed by atoms with Crippen LogP contribution in [0, 0.1) is 5.92 Å². The molecule has 0 unspecified atom stereocenters. The summed E-state index contributed by atoms with van der Waals surface area (Å²) in [7, 11) is -1.69. The fourth-order valence-electron chi connectivity index (χ4n) is 1.67. The molecule has 18 heavy (non-hydrogen) atoms. The van der Waals surface area contributed by atoms with Crippen LogP contribution in [0.1, 0.15) is 47.5 Å². The standard InChI is InChI=1S/C16H32OSi/c1-10-14(4)12-15(11-13(2)3)17-18(8,9)16(5,6)7/h10,13,15H,1,4,11-12H2,2-3,5-9H3/t15-/m0/s1. The molecule has 0 N–H and O–H groups in total. The highest BCUT2D eigenvalue weighted by molar-refractivity contribution is 6.74. The Hall–Kier alpha value is -0.343. The maximum Gasteiger partial charge on any atom is 0.192 e. The summed E-state index contributed by atoms with van der Waals surface area (Å²) >= 11 is 0.